The summed E-state index contributed by atoms with van der Waals surface area (Å²) in [6.45, 7) is 0. The van der Waals surface area contributed by atoms with Crippen LogP contribution in [-0.2, 0) is 18.3 Å². The molecule has 1 aromatic rings. The van der Waals surface area contributed by atoms with Crippen LogP contribution < -0.4 is 0 Å². The monoisotopic (exact) mass is 203 g/mol. The zero-order valence-electron chi connectivity index (χ0n) is 5.41. The zero-order chi connectivity index (χ0) is 7.56. The molecule has 54 valence electrons. The number of rotatable bonds is 2. The van der Waals surface area contributed by atoms with Gasteiger partial charge in [-0.25, -0.2) is 0 Å². The molecule has 0 amide bonds. The SMILES string of the molecule is Cn1nc(Br)c(CC=O)n1. The third-order valence-electron chi connectivity index (χ3n) is 1.01. The summed E-state index contributed by atoms with van der Waals surface area (Å²) in [6.07, 6.45) is 1.11. The van der Waals surface area contributed by atoms with Crippen molar-refractivity contribution in [3.05, 3.63) is 10.3 Å². The number of halogens is 1. The molecule has 0 aliphatic carbocycles. The third kappa shape index (κ3) is 1.41. The third-order valence-corrected chi connectivity index (χ3v) is 1.63. The van der Waals surface area contributed by atoms with E-state index >= 15 is 0 Å². The van der Waals surface area contributed by atoms with Gasteiger partial charge in [0.1, 0.15) is 12.0 Å². The van der Waals surface area contributed by atoms with Crippen molar-refractivity contribution in [2.75, 3.05) is 0 Å². The van der Waals surface area contributed by atoms with Gasteiger partial charge >= 0.3 is 0 Å². The molecule has 0 spiro atoms. The summed E-state index contributed by atoms with van der Waals surface area (Å²) in [5.74, 6) is 0. The largest absolute Gasteiger partial charge is 0.303 e. The Hall–Kier alpha value is -0.710. The average Bonchev–Trinajstić information content (AvgIpc) is 2.13. The fraction of sp³-hybridized carbons (Fsp3) is 0.400. The molecule has 5 heteroatoms. The molecule has 0 saturated carbocycles. The highest BCUT2D eigenvalue weighted by Gasteiger charge is 2.03. The van der Waals surface area contributed by atoms with E-state index in [4.69, 9.17) is 0 Å². The second-order valence-corrected chi connectivity index (χ2v) is 2.55. The molecular weight excluding hydrogens is 198 g/mol. The lowest BCUT2D eigenvalue weighted by Crippen LogP contribution is -1.93. The van der Waals surface area contributed by atoms with E-state index in [-0.39, 0.29) is 0 Å². The van der Waals surface area contributed by atoms with Crippen LogP contribution in [-0.4, -0.2) is 21.3 Å². The van der Waals surface area contributed by atoms with Crippen LogP contribution in [0.4, 0.5) is 0 Å². The number of nitrogens with zero attached hydrogens (tertiary/aromatic N) is 3. The van der Waals surface area contributed by atoms with Crippen LogP contribution in [0, 0.1) is 0 Å². The fourth-order valence-electron chi connectivity index (χ4n) is 0.627. The van der Waals surface area contributed by atoms with Crippen LogP contribution >= 0.6 is 15.9 Å². The molecule has 0 atom stereocenters. The van der Waals surface area contributed by atoms with Crippen LogP contribution in [0.15, 0.2) is 4.60 Å². The number of aldehydes is 1. The number of hydrogen-bond donors (Lipinski definition) is 0. The molecule has 0 bridgehead atoms. The molecule has 0 fully saturated rings. The Kier molecular flexibility index (Phi) is 2.16. The van der Waals surface area contributed by atoms with Gasteiger partial charge in [-0.1, -0.05) is 0 Å². The van der Waals surface area contributed by atoms with Crippen molar-refractivity contribution in [1.29, 1.82) is 0 Å². The van der Waals surface area contributed by atoms with E-state index < -0.39 is 0 Å². The summed E-state index contributed by atoms with van der Waals surface area (Å²) in [5, 5.41) is 7.82. The minimum atomic E-state index is 0.314. The first-order chi connectivity index (χ1) is 4.74. The predicted molar refractivity (Wildman–Crippen MR) is 38.5 cm³/mol. The Balaban J connectivity index is 2.91. The summed E-state index contributed by atoms with van der Waals surface area (Å²) < 4.78 is 0.641. The minimum Gasteiger partial charge on any atom is -0.303 e. The van der Waals surface area contributed by atoms with Gasteiger partial charge < -0.3 is 4.79 Å². The first-order valence-corrected chi connectivity index (χ1v) is 3.52. The summed E-state index contributed by atoms with van der Waals surface area (Å²) >= 11 is 3.16. The normalized spacial score (nSPS) is 9.80. The van der Waals surface area contributed by atoms with Gasteiger partial charge in [-0.15, -0.1) is 5.10 Å². The Labute approximate surface area is 66.4 Å². The van der Waals surface area contributed by atoms with E-state index in [9.17, 15) is 4.79 Å². The Morgan fingerprint density at radius 3 is 2.80 bits per heavy atom. The summed E-state index contributed by atoms with van der Waals surface area (Å²) in [6, 6.07) is 0. The molecule has 10 heavy (non-hydrogen) atoms. The Morgan fingerprint density at radius 1 is 1.70 bits per heavy atom. The molecule has 0 aromatic carbocycles. The maximum absolute atomic E-state index is 10.0. The number of carbonyl (C=O) groups is 1. The van der Waals surface area contributed by atoms with Crippen molar-refractivity contribution < 1.29 is 4.79 Å². The van der Waals surface area contributed by atoms with Crippen LogP contribution in [0.5, 0.6) is 0 Å². The molecule has 1 heterocycles. The Bertz CT molecular complexity index is 245. The predicted octanol–water partition coefficient (Wildman–Crippen LogP) is 0.319. The maximum atomic E-state index is 10.0. The van der Waals surface area contributed by atoms with Crippen molar-refractivity contribution >= 4 is 22.2 Å². The van der Waals surface area contributed by atoms with Gasteiger partial charge in [0.05, 0.1) is 6.42 Å². The molecule has 1 rings (SSSR count). The van der Waals surface area contributed by atoms with Crippen molar-refractivity contribution in [2.45, 2.75) is 6.42 Å². The van der Waals surface area contributed by atoms with Gasteiger partial charge in [0.25, 0.3) is 0 Å². The van der Waals surface area contributed by atoms with Crippen LogP contribution in [0.1, 0.15) is 5.69 Å². The number of carbonyl (C=O) groups excluding carboxylic acids is 1. The number of aryl methyl sites for hydroxylation is 1. The zero-order valence-corrected chi connectivity index (χ0v) is 7.00. The first kappa shape index (κ1) is 7.40. The highest BCUT2D eigenvalue weighted by Crippen LogP contribution is 2.09. The lowest BCUT2D eigenvalue weighted by Gasteiger charge is -1.81. The summed E-state index contributed by atoms with van der Waals surface area (Å²) in [7, 11) is 1.71. The smallest absolute Gasteiger partial charge is 0.152 e. The average molecular weight is 204 g/mol. The van der Waals surface area contributed by atoms with Crippen molar-refractivity contribution in [3.8, 4) is 0 Å². The second kappa shape index (κ2) is 2.92. The van der Waals surface area contributed by atoms with Crippen molar-refractivity contribution in [2.24, 2.45) is 7.05 Å². The van der Waals surface area contributed by atoms with Crippen LogP contribution in [0.3, 0.4) is 0 Å². The molecule has 0 aliphatic rings. The van der Waals surface area contributed by atoms with Gasteiger partial charge in [0, 0.05) is 7.05 Å². The Morgan fingerprint density at radius 2 is 2.40 bits per heavy atom. The number of aromatic nitrogens is 3. The van der Waals surface area contributed by atoms with Crippen molar-refractivity contribution in [3.63, 3.8) is 0 Å². The molecule has 0 radical (unpaired) electrons. The molecule has 0 N–H and O–H groups in total. The van der Waals surface area contributed by atoms with Crippen LogP contribution in [0.2, 0.25) is 0 Å². The van der Waals surface area contributed by atoms with E-state index in [0.717, 1.165) is 6.29 Å². The highest BCUT2D eigenvalue weighted by atomic mass is 79.9. The summed E-state index contributed by atoms with van der Waals surface area (Å²) in [4.78, 5) is 11.5. The highest BCUT2D eigenvalue weighted by molar-refractivity contribution is 9.10. The van der Waals surface area contributed by atoms with E-state index in [1.165, 1.54) is 4.80 Å². The van der Waals surface area contributed by atoms with Gasteiger partial charge in [0.2, 0.25) is 0 Å². The number of hydrogen-bond acceptors (Lipinski definition) is 3. The standard InChI is InChI=1S/C5H6BrN3O/c1-9-7-4(2-3-10)5(6)8-9/h3H,2H2,1H3. The van der Waals surface area contributed by atoms with Crippen molar-refractivity contribution in [1.82, 2.24) is 15.0 Å². The molecular formula is C5H6BrN3O. The lowest BCUT2D eigenvalue weighted by atomic mass is 10.4. The lowest BCUT2D eigenvalue weighted by molar-refractivity contribution is -0.107. The molecule has 0 saturated heterocycles. The van der Waals surface area contributed by atoms with Gasteiger partial charge in [-0.2, -0.15) is 9.90 Å². The van der Waals surface area contributed by atoms with E-state index in [2.05, 4.69) is 26.1 Å². The maximum Gasteiger partial charge on any atom is 0.152 e. The minimum absolute atomic E-state index is 0.314. The summed E-state index contributed by atoms with van der Waals surface area (Å²) in [5.41, 5.74) is 0.678. The first-order valence-electron chi connectivity index (χ1n) is 2.73. The van der Waals surface area contributed by atoms with E-state index in [1.54, 1.807) is 7.05 Å². The van der Waals surface area contributed by atoms with Gasteiger partial charge in [-0.3, -0.25) is 0 Å². The second-order valence-electron chi connectivity index (χ2n) is 1.80. The van der Waals surface area contributed by atoms with Gasteiger partial charge in [0.15, 0.2) is 4.60 Å². The van der Waals surface area contributed by atoms with E-state index in [0.29, 0.717) is 16.7 Å². The fourth-order valence-corrected chi connectivity index (χ4v) is 1.10. The topological polar surface area (TPSA) is 47.8 Å². The van der Waals surface area contributed by atoms with Gasteiger partial charge in [-0.05, 0) is 15.9 Å². The van der Waals surface area contributed by atoms with E-state index in [1.807, 2.05) is 0 Å². The van der Waals surface area contributed by atoms with Crippen LogP contribution in [0.25, 0.3) is 0 Å². The molecule has 1 aromatic heterocycles. The molecule has 4 nitrogen and oxygen atoms in total. The quantitative estimate of drug-likeness (QED) is 0.651. The molecule has 0 aliphatic heterocycles. The molecule has 0 unspecified atom stereocenters.